The van der Waals surface area contributed by atoms with Crippen molar-refractivity contribution in [3.8, 4) is 11.4 Å². The fraction of sp³-hybridized carbons (Fsp3) is 0.476. The number of thioether (sulfide) groups is 2. The molecule has 4 rings (SSSR count). The lowest BCUT2D eigenvalue weighted by Crippen LogP contribution is -2.37. The van der Waals surface area contributed by atoms with Gasteiger partial charge in [0.25, 0.3) is 5.56 Å². The molecule has 1 fully saturated rings. The van der Waals surface area contributed by atoms with Gasteiger partial charge in [-0.1, -0.05) is 18.7 Å². The highest BCUT2D eigenvalue weighted by Gasteiger charge is 2.27. The van der Waals surface area contributed by atoms with Crippen molar-refractivity contribution in [1.29, 1.82) is 0 Å². The lowest BCUT2D eigenvalue weighted by molar-refractivity contribution is -0.129. The highest BCUT2D eigenvalue weighted by atomic mass is 32.2. The molecule has 3 heterocycles. The number of amides is 1. The van der Waals surface area contributed by atoms with E-state index >= 15 is 0 Å². The van der Waals surface area contributed by atoms with Gasteiger partial charge in [-0.3, -0.25) is 14.2 Å². The van der Waals surface area contributed by atoms with Crippen LogP contribution in [0.4, 0.5) is 0 Å². The number of carbonyl (C=O) groups is 1. The SMILES string of the molecule is COc1ccc(-n2c(SCC(=O)N3CCCCC3)nc3c(c2=O)S[C@H](C)C3)cc1. The standard InChI is InChI=1S/C21H25N3O3S2/c1-14-12-17-19(29-14)20(26)24(15-6-8-16(27-2)9-7-15)21(22-17)28-13-18(25)23-10-4-3-5-11-23/h6-9,14H,3-5,10-13H2,1-2H3/t14-/m1/s1. The first kappa shape index (κ1) is 20.3. The van der Waals surface area contributed by atoms with Gasteiger partial charge >= 0.3 is 0 Å². The lowest BCUT2D eigenvalue weighted by Gasteiger charge is -2.26. The van der Waals surface area contributed by atoms with E-state index in [4.69, 9.17) is 9.72 Å². The number of likely N-dealkylation sites (tertiary alicyclic amines) is 1. The summed E-state index contributed by atoms with van der Waals surface area (Å²) in [5.74, 6) is 1.14. The monoisotopic (exact) mass is 431 g/mol. The second-order valence-corrected chi connectivity index (χ2v) is 9.76. The minimum absolute atomic E-state index is 0.0533. The van der Waals surface area contributed by atoms with E-state index in [1.54, 1.807) is 23.4 Å². The predicted octanol–water partition coefficient (Wildman–Crippen LogP) is 3.38. The highest BCUT2D eigenvalue weighted by Crippen LogP contribution is 2.35. The zero-order chi connectivity index (χ0) is 20.4. The van der Waals surface area contributed by atoms with Crippen LogP contribution in [0.5, 0.6) is 5.75 Å². The van der Waals surface area contributed by atoms with E-state index < -0.39 is 0 Å². The van der Waals surface area contributed by atoms with Crippen LogP contribution in [-0.2, 0) is 11.2 Å². The van der Waals surface area contributed by atoms with E-state index in [9.17, 15) is 9.59 Å². The fourth-order valence-corrected chi connectivity index (χ4v) is 5.74. The Labute approximate surface area is 179 Å². The maximum atomic E-state index is 13.3. The zero-order valence-corrected chi connectivity index (χ0v) is 18.4. The molecule has 0 saturated carbocycles. The molecule has 0 bridgehead atoms. The van der Waals surface area contributed by atoms with Crippen LogP contribution < -0.4 is 10.3 Å². The molecule has 0 spiro atoms. The van der Waals surface area contributed by atoms with Gasteiger partial charge in [0.15, 0.2) is 5.16 Å². The normalized spacial score (nSPS) is 18.6. The quantitative estimate of drug-likeness (QED) is 0.534. The molecule has 0 aliphatic carbocycles. The molecule has 1 amide bonds. The van der Waals surface area contributed by atoms with Crippen molar-refractivity contribution in [3.05, 3.63) is 40.3 Å². The second kappa shape index (κ2) is 8.83. The third-order valence-corrected chi connectivity index (χ3v) is 7.38. The molecule has 29 heavy (non-hydrogen) atoms. The first-order valence-electron chi connectivity index (χ1n) is 9.94. The van der Waals surface area contributed by atoms with Gasteiger partial charge in [0, 0.05) is 24.8 Å². The van der Waals surface area contributed by atoms with Gasteiger partial charge in [0.05, 0.1) is 29.1 Å². The molecule has 1 aromatic heterocycles. The Morgan fingerprint density at radius 1 is 1.24 bits per heavy atom. The minimum atomic E-state index is -0.0533. The number of rotatable bonds is 5. The zero-order valence-electron chi connectivity index (χ0n) is 16.7. The average Bonchev–Trinajstić information content (AvgIpc) is 3.13. The minimum Gasteiger partial charge on any atom is -0.497 e. The molecule has 2 aliphatic rings. The predicted molar refractivity (Wildman–Crippen MR) is 117 cm³/mol. The lowest BCUT2D eigenvalue weighted by atomic mass is 10.1. The van der Waals surface area contributed by atoms with E-state index in [1.807, 2.05) is 29.2 Å². The van der Waals surface area contributed by atoms with Gasteiger partial charge in [-0.2, -0.15) is 0 Å². The summed E-state index contributed by atoms with van der Waals surface area (Å²) >= 11 is 2.94. The number of hydrogen-bond acceptors (Lipinski definition) is 6. The van der Waals surface area contributed by atoms with Crippen molar-refractivity contribution in [2.45, 2.75) is 47.9 Å². The summed E-state index contributed by atoms with van der Waals surface area (Å²) in [7, 11) is 1.61. The molecule has 1 atom stereocenters. The van der Waals surface area contributed by atoms with Crippen molar-refractivity contribution >= 4 is 29.4 Å². The number of nitrogens with zero attached hydrogens (tertiary/aromatic N) is 3. The third kappa shape index (κ3) is 4.33. The summed E-state index contributed by atoms with van der Waals surface area (Å²) in [6.07, 6.45) is 4.11. The summed E-state index contributed by atoms with van der Waals surface area (Å²) in [6.45, 7) is 3.77. The number of methoxy groups -OCH3 is 1. The number of carbonyl (C=O) groups excluding carboxylic acids is 1. The van der Waals surface area contributed by atoms with Gasteiger partial charge in [-0.15, -0.1) is 11.8 Å². The number of benzene rings is 1. The molecule has 1 aromatic carbocycles. The topological polar surface area (TPSA) is 64.4 Å². The number of hydrogen-bond donors (Lipinski definition) is 0. The summed E-state index contributed by atoms with van der Waals surface area (Å²) in [4.78, 5) is 33.4. The number of aromatic nitrogens is 2. The van der Waals surface area contributed by atoms with Crippen LogP contribution in [0.1, 0.15) is 31.9 Å². The summed E-state index contributed by atoms with van der Waals surface area (Å²) < 4.78 is 6.87. The van der Waals surface area contributed by atoms with Crippen molar-refractivity contribution in [3.63, 3.8) is 0 Å². The first-order valence-corrected chi connectivity index (χ1v) is 11.8. The molecule has 1 saturated heterocycles. The molecular formula is C21H25N3O3S2. The summed E-state index contributed by atoms with van der Waals surface area (Å²) in [5.41, 5.74) is 1.53. The molecular weight excluding hydrogens is 406 g/mol. The van der Waals surface area contributed by atoms with Crippen molar-refractivity contribution in [2.24, 2.45) is 0 Å². The van der Waals surface area contributed by atoms with E-state index in [-0.39, 0.29) is 11.5 Å². The summed E-state index contributed by atoms with van der Waals surface area (Å²) in [5, 5.41) is 0.920. The van der Waals surface area contributed by atoms with Crippen LogP contribution in [0.2, 0.25) is 0 Å². The van der Waals surface area contributed by atoms with E-state index in [0.717, 1.165) is 54.4 Å². The van der Waals surface area contributed by atoms with Crippen molar-refractivity contribution in [2.75, 3.05) is 26.0 Å². The molecule has 2 aromatic rings. The smallest absolute Gasteiger partial charge is 0.272 e. The van der Waals surface area contributed by atoms with Crippen molar-refractivity contribution in [1.82, 2.24) is 14.5 Å². The van der Waals surface area contributed by atoms with Gasteiger partial charge in [0.1, 0.15) is 5.75 Å². The van der Waals surface area contributed by atoms with E-state index in [2.05, 4.69) is 6.92 Å². The number of fused-ring (bicyclic) bond motifs is 1. The Balaban J connectivity index is 1.66. The maximum absolute atomic E-state index is 13.3. The summed E-state index contributed by atoms with van der Waals surface area (Å²) in [6, 6.07) is 7.37. The number of piperidine rings is 1. The van der Waals surface area contributed by atoms with Gasteiger partial charge in [-0.25, -0.2) is 4.98 Å². The Hall–Kier alpha value is -1.93. The molecule has 8 heteroatoms. The molecule has 6 nitrogen and oxygen atoms in total. The number of ether oxygens (including phenoxy) is 1. The van der Waals surface area contributed by atoms with Crippen LogP contribution >= 0.6 is 23.5 Å². The second-order valence-electron chi connectivity index (χ2n) is 7.37. The Bertz CT molecular complexity index is 953. The largest absolute Gasteiger partial charge is 0.497 e. The molecule has 2 aliphatic heterocycles. The maximum Gasteiger partial charge on any atom is 0.272 e. The molecule has 154 valence electrons. The Morgan fingerprint density at radius 2 is 1.97 bits per heavy atom. The van der Waals surface area contributed by atoms with Crippen LogP contribution in [-0.4, -0.2) is 51.6 Å². The third-order valence-electron chi connectivity index (χ3n) is 5.25. The average molecular weight is 432 g/mol. The molecule has 0 unspecified atom stereocenters. The Kier molecular flexibility index (Phi) is 6.20. The van der Waals surface area contributed by atoms with Crippen LogP contribution in [0.25, 0.3) is 5.69 Å². The van der Waals surface area contributed by atoms with Crippen molar-refractivity contribution < 1.29 is 9.53 Å². The molecule has 0 N–H and O–H groups in total. The van der Waals surface area contributed by atoms with Crippen LogP contribution in [0.15, 0.2) is 39.1 Å². The Morgan fingerprint density at radius 3 is 2.66 bits per heavy atom. The molecule has 0 radical (unpaired) electrons. The fourth-order valence-electron chi connectivity index (χ4n) is 3.72. The van der Waals surface area contributed by atoms with Crippen LogP contribution in [0, 0.1) is 0 Å². The van der Waals surface area contributed by atoms with Crippen LogP contribution in [0.3, 0.4) is 0 Å². The van der Waals surface area contributed by atoms with E-state index in [0.29, 0.717) is 16.2 Å². The first-order chi connectivity index (χ1) is 14.1. The van der Waals surface area contributed by atoms with Gasteiger partial charge < -0.3 is 9.64 Å². The highest BCUT2D eigenvalue weighted by molar-refractivity contribution is 8.00. The van der Waals surface area contributed by atoms with E-state index in [1.165, 1.54) is 18.2 Å². The van der Waals surface area contributed by atoms with Gasteiger partial charge in [-0.05, 0) is 43.5 Å². The van der Waals surface area contributed by atoms with Gasteiger partial charge in [0.2, 0.25) is 5.91 Å².